The molecule has 84 valence electrons. The first-order valence-electron chi connectivity index (χ1n) is 5.18. The summed E-state index contributed by atoms with van der Waals surface area (Å²) in [5, 5.41) is 0. The summed E-state index contributed by atoms with van der Waals surface area (Å²) in [7, 11) is 1.38. The molecule has 0 aliphatic rings. The Bertz CT molecular complexity index is 516. The van der Waals surface area contributed by atoms with E-state index in [1.165, 1.54) is 7.11 Å². The van der Waals surface area contributed by atoms with Gasteiger partial charge in [0.15, 0.2) is 11.5 Å². The van der Waals surface area contributed by atoms with Gasteiger partial charge in [0.1, 0.15) is 5.52 Å². The topological polar surface area (TPSA) is 52.3 Å². The molecule has 0 fully saturated rings. The Morgan fingerprint density at radius 3 is 3.00 bits per heavy atom. The summed E-state index contributed by atoms with van der Waals surface area (Å²) in [5.41, 5.74) is 2.43. The third kappa shape index (κ3) is 2.05. The number of aryl methyl sites for hydroxylation is 1. The number of benzene rings is 1. The Kier molecular flexibility index (Phi) is 2.90. The molecule has 0 saturated heterocycles. The van der Waals surface area contributed by atoms with Gasteiger partial charge in [0.2, 0.25) is 0 Å². The molecule has 0 spiro atoms. The van der Waals surface area contributed by atoms with E-state index in [9.17, 15) is 4.79 Å². The highest BCUT2D eigenvalue weighted by Crippen LogP contribution is 2.17. The quantitative estimate of drug-likeness (QED) is 0.742. The molecule has 0 aliphatic heterocycles. The summed E-state index contributed by atoms with van der Waals surface area (Å²) >= 11 is 0. The van der Waals surface area contributed by atoms with Crippen LogP contribution in [-0.4, -0.2) is 18.1 Å². The Morgan fingerprint density at radius 1 is 1.50 bits per heavy atom. The molecule has 16 heavy (non-hydrogen) atoms. The zero-order valence-corrected chi connectivity index (χ0v) is 9.32. The standard InChI is InChI=1S/C12H13NO3/c1-3-11-13-9-6-8(7-12(14)15-2)4-5-10(9)16-11/h4-6H,3,7H2,1-2H3. The van der Waals surface area contributed by atoms with Crippen molar-refractivity contribution in [3.63, 3.8) is 0 Å². The third-order valence-corrected chi connectivity index (χ3v) is 2.37. The molecular formula is C12H13NO3. The number of fused-ring (bicyclic) bond motifs is 1. The molecule has 1 heterocycles. The molecule has 0 N–H and O–H groups in total. The lowest BCUT2D eigenvalue weighted by molar-refractivity contribution is -0.139. The molecule has 0 amide bonds. The lowest BCUT2D eigenvalue weighted by Gasteiger charge is -1.98. The van der Waals surface area contributed by atoms with Crippen LogP contribution in [0, 0.1) is 0 Å². The highest BCUT2D eigenvalue weighted by molar-refractivity contribution is 5.77. The minimum absolute atomic E-state index is 0.251. The van der Waals surface area contributed by atoms with Gasteiger partial charge in [0.25, 0.3) is 0 Å². The minimum atomic E-state index is -0.251. The second kappa shape index (κ2) is 4.35. The summed E-state index contributed by atoms with van der Waals surface area (Å²) in [6.45, 7) is 1.99. The van der Waals surface area contributed by atoms with Crippen LogP contribution in [-0.2, 0) is 22.4 Å². The number of hydrogen-bond acceptors (Lipinski definition) is 4. The van der Waals surface area contributed by atoms with Crippen LogP contribution in [0.25, 0.3) is 11.1 Å². The van der Waals surface area contributed by atoms with E-state index in [2.05, 4.69) is 9.72 Å². The first-order valence-corrected chi connectivity index (χ1v) is 5.18. The van der Waals surface area contributed by atoms with Gasteiger partial charge in [0.05, 0.1) is 13.5 Å². The first-order chi connectivity index (χ1) is 7.72. The Labute approximate surface area is 93.2 Å². The largest absolute Gasteiger partial charge is 0.469 e. The van der Waals surface area contributed by atoms with E-state index in [1.807, 2.05) is 25.1 Å². The van der Waals surface area contributed by atoms with Gasteiger partial charge in [0, 0.05) is 6.42 Å². The van der Waals surface area contributed by atoms with E-state index >= 15 is 0 Å². The smallest absolute Gasteiger partial charge is 0.309 e. The average molecular weight is 219 g/mol. The van der Waals surface area contributed by atoms with Crippen molar-refractivity contribution in [2.24, 2.45) is 0 Å². The van der Waals surface area contributed by atoms with Crippen molar-refractivity contribution in [2.45, 2.75) is 19.8 Å². The minimum Gasteiger partial charge on any atom is -0.469 e. The van der Waals surface area contributed by atoms with Crippen LogP contribution in [0.5, 0.6) is 0 Å². The molecule has 1 aromatic heterocycles. The molecular weight excluding hydrogens is 206 g/mol. The fraction of sp³-hybridized carbons (Fsp3) is 0.333. The summed E-state index contributed by atoms with van der Waals surface area (Å²) in [6, 6.07) is 5.54. The van der Waals surface area contributed by atoms with Crippen molar-refractivity contribution < 1.29 is 13.9 Å². The zero-order valence-electron chi connectivity index (χ0n) is 9.32. The fourth-order valence-corrected chi connectivity index (χ4v) is 1.52. The van der Waals surface area contributed by atoms with Crippen LogP contribution < -0.4 is 0 Å². The second-order valence-electron chi connectivity index (χ2n) is 3.52. The van der Waals surface area contributed by atoms with Crippen LogP contribution in [0.3, 0.4) is 0 Å². The number of hydrogen-bond donors (Lipinski definition) is 0. The highest BCUT2D eigenvalue weighted by Gasteiger charge is 2.07. The molecule has 0 saturated carbocycles. The molecule has 0 atom stereocenters. The van der Waals surface area contributed by atoms with Gasteiger partial charge in [-0.15, -0.1) is 0 Å². The number of oxazole rings is 1. The molecule has 4 heteroatoms. The van der Waals surface area contributed by atoms with Crippen LogP contribution in [0.2, 0.25) is 0 Å². The molecule has 4 nitrogen and oxygen atoms in total. The second-order valence-corrected chi connectivity index (χ2v) is 3.52. The number of esters is 1. The first kappa shape index (κ1) is 10.7. The number of carbonyl (C=O) groups is 1. The summed E-state index contributed by atoms with van der Waals surface area (Å²) < 4.78 is 10.1. The van der Waals surface area contributed by atoms with E-state index < -0.39 is 0 Å². The van der Waals surface area contributed by atoms with Gasteiger partial charge >= 0.3 is 5.97 Å². The molecule has 2 rings (SSSR count). The SMILES string of the molecule is CCc1nc2cc(CC(=O)OC)ccc2o1. The number of nitrogens with zero attached hydrogens (tertiary/aromatic N) is 1. The third-order valence-electron chi connectivity index (χ3n) is 2.37. The number of carbonyl (C=O) groups excluding carboxylic acids is 1. The van der Waals surface area contributed by atoms with Gasteiger partial charge in [-0.1, -0.05) is 13.0 Å². The van der Waals surface area contributed by atoms with E-state index in [1.54, 1.807) is 0 Å². The van der Waals surface area contributed by atoms with Crippen LogP contribution in [0.1, 0.15) is 18.4 Å². The number of methoxy groups -OCH3 is 1. The number of aromatic nitrogens is 1. The van der Waals surface area contributed by atoms with Gasteiger partial charge < -0.3 is 9.15 Å². The van der Waals surface area contributed by atoms with Crippen LogP contribution >= 0.6 is 0 Å². The molecule has 0 bridgehead atoms. The summed E-state index contributed by atoms with van der Waals surface area (Å²) in [4.78, 5) is 15.4. The van der Waals surface area contributed by atoms with Gasteiger partial charge in [-0.3, -0.25) is 4.79 Å². The van der Waals surface area contributed by atoms with Crippen molar-refractivity contribution in [1.29, 1.82) is 0 Å². The maximum atomic E-state index is 11.1. The lowest BCUT2D eigenvalue weighted by Crippen LogP contribution is -2.04. The van der Waals surface area contributed by atoms with Crippen molar-refractivity contribution in [3.8, 4) is 0 Å². The number of rotatable bonds is 3. The van der Waals surface area contributed by atoms with E-state index in [-0.39, 0.29) is 12.4 Å². The molecule has 2 aromatic rings. The predicted octanol–water partition coefficient (Wildman–Crippen LogP) is 2.11. The Morgan fingerprint density at radius 2 is 2.31 bits per heavy atom. The molecule has 0 radical (unpaired) electrons. The molecule has 0 unspecified atom stereocenters. The lowest BCUT2D eigenvalue weighted by atomic mass is 10.1. The fourth-order valence-electron chi connectivity index (χ4n) is 1.52. The molecule has 0 aliphatic carbocycles. The predicted molar refractivity (Wildman–Crippen MR) is 59.1 cm³/mol. The van der Waals surface area contributed by atoms with Gasteiger partial charge in [-0.05, 0) is 17.7 Å². The maximum absolute atomic E-state index is 11.1. The maximum Gasteiger partial charge on any atom is 0.309 e. The van der Waals surface area contributed by atoms with Crippen molar-refractivity contribution in [1.82, 2.24) is 4.98 Å². The summed E-state index contributed by atoms with van der Waals surface area (Å²) in [5.74, 6) is 0.462. The van der Waals surface area contributed by atoms with Crippen molar-refractivity contribution in [3.05, 3.63) is 29.7 Å². The van der Waals surface area contributed by atoms with E-state index in [0.29, 0.717) is 5.89 Å². The Balaban J connectivity index is 2.32. The van der Waals surface area contributed by atoms with Crippen LogP contribution in [0.15, 0.2) is 22.6 Å². The summed E-state index contributed by atoms with van der Waals surface area (Å²) in [6.07, 6.45) is 1.03. The van der Waals surface area contributed by atoms with E-state index in [0.717, 1.165) is 23.1 Å². The number of ether oxygens (including phenoxy) is 1. The Hall–Kier alpha value is -1.84. The van der Waals surface area contributed by atoms with Gasteiger partial charge in [-0.2, -0.15) is 0 Å². The van der Waals surface area contributed by atoms with E-state index in [4.69, 9.17) is 4.42 Å². The average Bonchev–Trinajstić information content (AvgIpc) is 2.71. The monoisotopic (exact) mass is 219 g/mol. The highest BCUT2D eigenvalue weighted by atomic mass is 16.5. The molecule has 1 aromatic carbocycles. The van der Waals surface area contributed by atoms with Gasteiger partial charge in [-0.25, -0.2) is 4.98 Å². The van der Waals surface area contributed by atoms with Crippen molar-refractivity contribution in [2.75, 3.05) is 7.11 Å². The zero-order chi connectivity index (χ0) is 11.5. The van der Waals surface area contributed by atoms with Crippen LogP contribution in [0.4, 0.5) is 0 Å². The normalized spacial score (nSPS) is 10.6. The van der Waals surface area contributed by atoms with Crippen molar-refractivity contribution >= 4 is 17.1 Å².